The number of carbonyl (C=O) groups excluding carboxylic acids is 2. The monoisotopic (exact) mass is 497 g/mol. The number of carbonyl (C=O) groups is 2. The summed E-state index contributed by atoms with van der Waals surface area (Å²) in [6, 6.07) is 13.9. The van der Waals surface area contributed by atoms with Crippen LogP contribution in [0.1, 0.15) is 12.7 Å². The lowest BCUT2D eigenvalue weighted by atomic mass is 10.1. The van der Waals surface area contributed by atoms with E-state index in [1.54, 1.807) is 36.4 Å². The first-order valence-electron chi connectivity index (χ1n) is 9.97. The molecule has 1 saturated heterocycles. The van der Waals surface area contributed by atoms with E-state index >= 15 is 0 Å². The number of non-ortho nitro benzene ring substituents is 1. The molecule has 172 valence electrons. The largest absolute Gasteiger partial charge is 0.494 e. The molecule has 1 fully saturated rings. The fourth-order valence-corrected chi connectivity index (χ4v) is 3.85. The van der Waals surface area contributed by atoms with Crippen LogP contribution in [0.2, 0.25) is 5.02 Å². The number of nitrogens with one attached hydrogen (secondary N) is 1. The Hall–Kier alpha value is -4.02. The summed E-state index contributed by atoms with van der Waals surface area (Å²) in [5, 5.41) is 13.5. The van der Waals surface area contributed by atoms with Crippen molar-refractivity contribution in [3.8, 4) is 17.1 Å². The van der Waals surface area contributed by atoms with Gasteiger partial charge >= 0.3 is 0 Å². The highest BCUT2D eigenvalue weighted by Gasteiger charge is 2.35. The van der Waals surface area contributed by atoms with E-state index in [0.717, 1.165) is 0 Å². The van der Waals surface area contributed by atoms with Crippen LogP contribution < -0.4 is 15.0 Å². The maximum absolute atomic E-state index is 13.2. The van der Waals surface area contributed by atoms with Crippen LogP contribution in [0.15, 0.2) is 64.6 Å². The Morgan fingerprint density at radius 3 is 2.71 bits per heavy atom. The zero-order valence-electron chi connectivity index (χ0n) is 17.6. The number of ether oxygens (including phenoxy) is 1. The number of hydrogen-bond donors (Lipinski definition) is 1. The van der Waals surface area contributed by atoms with Gasteiger partial charge in [0.05, 0.1) is 22.2 Å². The molecular weight excluding hydrogens is 482 g/mol. The molecule has 34 heavy (non-hydrogen) atoms. The Labute approximate surface area is 203 Å². The second-order valence-electron chi connectivity index (χ2n) is 7.01. The Morgan fingerprint density at radius 2 is 2.00 bits per heavy atom. The third-order valence-corrected chi connectivity index (χ3v) is 5.43. The van der Waals surface area contributed by atoms with Gasteiger partial charge in [-0.15, -0.1) is 0 Å². The van der Waals surface area contributed by atoms with Crippen LogP contribution in [-0.2, 0) is 9.59 Å². The summed E-state index contributed by atoms with van der Waals surface area (Å²) in [4.78, 5) is 37.3. The van der Waals surface area contributed by atoms with Crippen LogP contribution >= 0.6 is 23.8 Å². The van der Waals surface area contributed by atoms with Crippen LogP contribution in [0, 0.1) is 10.1 Å². The Kier molecular flexibility index (Phi) is 6.44. The average molecular weight is 498 g/mol. The zero-order chi connectivity index (χ0) is 24.4. The van der Waals surface area contributed by atoms with E-state index in [0.29, 0.717) is 29.4 Å². The molecule has 2 heterocycles. The standard InChI is InChI=1S/C23H16ClN3O6S/c1-2-32-15-5-3-4-13(10-15)26-22(29)18(21(28)25-23(26)34)12-16-7-9-20(33-16)17-8-6-14(27(30)31)11-19(17)24/h3-12H,2H2,1H3,(H,25,28,34). The predicted molar refractivity (Wildman–Crippen MR) is 130 cm³/mol. The molecule has 1 aromatic heterocycles. The van der Waals surface area contributed by atoms with E-state index in [1.165, 1.54) is 29.2 Å². The van der Waals surface area contributed by atoms with Gasteiger partial charge in [0.15, 0.2) is 5.11 Å². The first-order chi connectivity index (χ1) is 16.3. The highest BCUT2D eigenvalue weighted by Crippen LogP contribution is 2.33. The number of nitro groups is 1. The number of furan rings is 1. The van der Waals surface area contributed by atoms with Gasteiger partial charge in [0, 0.05) is 23.8 Å². The van der Waals surface area contributed by atoms with Crippen LogP contribution in [0.3, 0.4) is 0 Å². The lowest BCUT2D eigenvalue weighted by Crippen LogP contribution is -2.54. The minimum Gasteiger partial charge on any atom is -0.494 e. The smallest absolute Gasteiger partial charge is 0.270 e. The summed E-state index contributed by atoms with van der Waals surface area (Å²) in [5.74, 6) is -0.230. The molecule has 0 saturated carbocycles. The molecule has 9 nitrogen and oxygen atoms in total. The molecule has 2 amide bonds. The predicted octanol–water partition coefficient (Wildman–Crippen LogP) is 4.74. The summed E-state index contributed by atoms with van der Waals surface area (Å²) in [6.45, 7) is 2.29. The lowest BCUT2D eigenvalue weighted by Gasteiger charge is -2.29. The van der Waals surface area contributed by atoms with E-state index < -0.39 is 16.7 Å². The molecule has 11 heteroatoms. The number of rotatable bonds is 6. The molecule has 0 spiro atoms. The van der Waals surface area contributed by atoms with E-state index in [4.69, 9.17) is 33.0 Å². The third-order valence-electron chi connectivity index (χ3n) is 4.83. The minimum absolute atomic E-state index is 0.0569. The second kappa shape index (κ2) is 9.46. The minimum atomic E-state index is -0.668. The second-order valence-corrected chi connectivity index (χ2v) is 7.81. The Bertz CT molecular complexity index is 1370. The zero-order valence-corrected chi connectivity index (χ0v) is 19.2. The van der Waals surface area contributed by atoms with E-state index in [-0.39, 0.29) is 27.2 Å². The van der Waals surface area contributed by atoms with Gasteiger partial charge in [-0.3, -0.25) is 29.9 Å². The van der Waals surface area contributed by atoms with Gasteiger partial charge in [-0.05, 0) is 55.5 Å². The van der Waals surface area contributed by atoms with Crippen molar-refractivity contribution in [3.05, 3.63) is 81.1 Å². The number of hydrogen-bond acceptors (Lipinski definition) is 7. The number of amides is 2. The van der Waals surface area contributed by atoms with Gasteiger partial charge in [0.2, 0.25) is 0 Å². The van der Waals surface area contributed by atoms with Crippen LogP contribution in [0.5, 0.6) is 5.75 Å². The molecular formula is C23H16ClN3O6S. The Balaban J connectivity index is 1.65. The summed E-state index contributed by atoms with van der Waals surface area (Å²) in [5.41, 5.74) is 0.513. The number of halogens is 1. The maximum atomic E-state index is 13.2. The molecule has 2 aromatic carbocycles. The normalized spacial score (nSPS) is 14.9. The summed E-state index contributed by atoms with van der Waals surface area (Å²) >= 11 is 11.4. The highest BCUT2D eigenvalue weighted by atomic mass is 35.5. The molecule has 1 aliphatic heterocycles. The third kappa shape index (κ3) is 4.54. The van der Waals surface area contributed by atoms with Gasteiger partial charge in [0.25, 0.3) is 17.5 Å². The lowest BCUT2D eigenvalue weighted by molar-refractivity contribution is -0.384. The average Bonchev–Trinajstić information content (AvgIpc) is 3.25. The van der Waals surface area contributed by atoms with E-state index in [2.05, 4.69) is 5.32 Å². The van der Waals surface area contributed by atoms with Crippen LogP contribution in [0.4, 0.5) is 11.4 Å². The van der Waals surface area contributed by atoms with Crippen molar-refractivity contribution >= 4 is 58.2 Å². The number of nitrogens with zero attached hydrogens (tertiary/aromatic N) is 2. The first kappa shape index (κ1) is 23.1. The molecule has 0 atom stereocenters. The van der Waals surface area contributed by atoms with Crippen LogP contribution in [-0.4, -0.2) is 28.5 Å². The molecule has 3 aromatic rings. The SMILES string of the molecule is CCOc1cccc(N2C(=O)C(=Cc3ccc(-c4ccc([N+](=O)[O-])cc4Cl)o3)C(=O)NC2=S)c1. The van der Waals surface area contributed by atoms with Crippen molar-refractivity contribution in [2.75, 3.05) is 11.5 Å². The van der Waals surface area contributed by atoms with Gasteiger partial charge < -0.3 is 9.15 Å². The molecule has 1 N–H and O–H groups in total. The summed E-state index contributed by atoms with van der Waals surface area (Å²) in [6.07, 6.45) is 1.29. The number of anilines is 1. The molecule has 0 unspecified atom stereocenters. The Morgan fingerprint density at radius 1 is 1.21 bits per heavy atom. The number of nitro benzene ring substituents is 1. The topological polar surface area (TPSA) is 115 Å². The fourth-order valence-electron chi connectivity index (χ4n) is 3.31. The maximum Gasteiger partial charge on any atom is 0.270 e. The summed E-state index contributed by atoms with van der Waals surface area (Å²) in [7, 11) is 0. The van der Waals surface area contributed by atoms with Crippen LogP contribution in [0.25, 0.3) is 17.4 Å². The van der Waals surface area contributed by atoms with Crippen molar-refractivity contribution in [1.82, 2.24) is 5.32 Å². The fraction of sp³-hybridized carbons (Fsp3) is 0.0870. The number of benzene rings is 2. The first-order valence-corrected chi connectivity index (χ1v) is 10.8. The van der Waals surface area contributed by atoms with Crippen molar-refractivity contribution in [2.24, 2.45) is 0 Å². The molecule has 0 radical (unpaired) electrons. The van der Waals surface area contributed by atoms with E-state index in [1.807, 2.05) is 6.92 Å². The summed E-state index contributed by atoms with van der Waals surface area (Å²) < 4.78 is 11.2. The number of thiocarbonyl (C=S) groups is 1. The van der Waals surface area contributed by atoms with Crippen molar-refractivity contribution in [1.29, 1.82) is 0 Å². The van der Waals surface area contributed by atoms with Crippen molar-refractivity contribution < 1.29 is 23.7 Å². The quantitative estimate of drug-likeness (QED) is 0.172. The van der Waals surface area contributed by atoms with Gasteiger partial charge in [-0.25, -0.2) is 0 Å². The van der Waals surface area contributed by atoms with Gasteiger partial charge in [-0.1, -0.05) is 17.7 Å². The molecule has 4 rings (SSSR count). The molecule has 1 aliphatic rings. The molecule has 0 aliphatic carbocycles. The van der Waals surface area contributed by atoms with E-state index in [9.17, 15) is 19.7 Å². The van der Waals surface area contributed by atoms with Crippen molar-refractivity contribution in [2.45, 2.75) is 6.92 Å². The molecule has 0 bridgehead atoms. The van der Waals surface area contributed by atoms with Crippen molar-refractivity contribution in [3.63, 3.8) is 0 Å². The highest BCUT2D eigenvalue weighted by molar-refractivity contribution is 7.80. The van der Waals surface area contributed by atoms with Gasteiger partial charge in [0.1, 0.15) is 22.8 Å². The van der Waals surface area contributed by atoms with Gasteiger partial charge in [-0.2, -0.15) is 0 Å².